The van der Waals surface area contributed by atoms with E-state index in [9.17, 15) is 18.0 Å². The lowest BCUT2D eigenvalue weighted by molar-refractivity contribution is -0.274. The molecule has 0 saturated carbocycles. The number of nitrogens with one attached hydrogen (secondary N) is 1. The van der Waals surface area contributed by atoms with Crippen LogP contribution in [0.2, 0.25) is 5.02 Å². The number of ether oxygens (including phenoxy) is 4. The molecule has 0 atom stereocenters. The standard InChI is InChI=1S/C30H24ClF3N4O5/c31-24-17-21(9-10-26(24)42-22-7-4-8-23(18-22)43-30(32,33)34)37-28-27-25(35-19-36-28)11-12-38(27)13-14-40-15-16-41-29(39)20-5-2-1-3-6-20/h1-12,17-19H,13-16H2,(H,35,36,37). The van der Waals surface area contributed by atoms with E-state index in [4.69, 9.17) is 25.8 Å². The molecule has 9 nitrogen and oxygen atoms in total. The topological polar surface area (TPSA) is 96.7 Å². The summed E-state index contributed by atoms with van der Waals surface area (Å²) in [4.78, 5) is 20.7. The van der Waals surface area contributed by atoms with E-state index in [1.807, 2.05) is 22.9 Å². The average molecular weight is 613 g/mol. The highest BCUT2D eigenvalue weighted by Gasteiger charge is 2.31. The highest BCUT2D eigenvalue weighted by atomic mass is 35.5. The number of benzene rings is 3. The summed E-state index contributed by atoms with van der Waals surface area (Å²) in [6.45, 7) is 1.21. The van der Waals surface area contributed by atoms with E-state index in [1.165, 1.54) is 24.5 Å². The number of carbonyl (C=O) groups is 1. The minimum atomic E-state index is -4.82. The van der Waals surface area contributed by atoms with Gasteiger partial charge in [0, 0.05) is 24.5 Å². The summed E-state index contributed by atoms with van der Waals surface area (Å²) in [5.74, 6) is 0.0639. The number of rotatable bonds is 12. The number of alkyl halides is 3. The van der Waals surface area contributed by atoms with Crippen molar-refractivity contribution in [1.29, 1.82) is 0 Å². The number of halogens is 4. The van der Waals surface area contributed by atoms with E-state index in [0.29, 0.717) is 35.7 Å². The molecular weight excluding hydrogens is 589 g/mol. The maximum atomic E-state index is 12.5. The van der Waals surface area contributed by atoms with E-state index in [2.05, 4.69) is 20.0 Å². The van der Waals surface area contributed by atoms with Gasteiger partial charge in [-0.1, -0.05) is 35.9 Å². The zero-order valence-corrected chi connectivity index (χ0v) is 23.1. The molecule has 43 heavy (non-hydrogen) atoms. The van der Waals surface area contributed by atoms with Crippen molar-refractivity contribution in [1.82, 2.24) is 14.5 Å². The first kappa shape index (κ1) is 29.7. The molecule has 2 heterocycles. The normalized spacial score (nSPS) is 11.3. The van der Waals surface area contributed by atoms with Gasteiger partial charge in [0.05, 0.1) is 29.3 Å². The van der Waals surface area contributed by atoms with Crippen LogP contribution in [0.25, 0.3) is 11.0 Å². The molecule has 0 aliphatic rings. The van der Waals surface area contributed by atoms with Crippen LogP contribution in [-0.4, -0.2) is 46.7 Å². The van der Waals surface area contributed by atoms with Gasteiger partial charge in [-0.05, 0) is 48.5 Å². The number of hydrogen-bond acceptors (Lipinski definition) is 8. The van der Waals surface area contributed by atoms with Gasteiger partial charge in [0.15, 0.2) is 5.82 Å². The van der Waals surface area contributed by atoms with Crippen LogP contribution in [0.3, 0.4) is 0 Å². The van der Waals surface area contributed by atoms with Gasteiger partial charge in [0.2, 0.25) is 0 Å². The van der Waals surface area contributed by atoms with Crippen molar-refractivity contribution in [2.75, 3.05) is 25.1 Å². The summed E-state index contributed by atoms with van der Waals surface area (Å²) in [6, 6.07) is 20.6. The van der Waals surface area contributed by atoms with Crippen molar-refractivity contribution in [3.05, 3.63) is 102 Å². The maximum Gasteiger partial charge on any atom is 0.573 e. The van der Waals surface area contributed by atoms with Crippen LogP contribution in [0.1, 0.15) is 10.4 Å². The summed E-state index contributed by atoms with van der Waals surface area (Å²) >= 11 is 6.42. The van der Waals surface area contributed by atoms with Crippen molar-refractivity contribution < 1.29 is 36.9 Å². The van der Waals surface area contributed by atoms with Crippen molar-refractivity contribution in [2.45, 2.75) is 12.9 Å². The molecule has 0 spiro atoms. The Morgan fingerprint density at radius 3 is 2.51 bits per heavy atom. The zero-order chi connectivity index (χ0) is 30.2. The monoisotopic (exact) mass is 612 g/mol. The number of hydrogen-bond donors (Lipinski definition) is 1. The minimum Gasteiger partial charge on any atom is -0.460 e. The second kappa shape index (κ2) is 13.4. The third-order valence-electron chi connectivity index (χ3n) is 5.96. The molecule has 0 saturated heterocycles. The van der Waals surface area contributed by atoms with Gasteiger partial charge in [-0.25, -0.2) is 14.8 Å². The van der Waals surface area contributed by atoms with Gasteiger partial charge >= 0.3 is 12.3 Å². The molecule has 0 amide bonds. The lowest BCUT2D eigenvalue weighted by Crippen LogP contribution is -2.17. The Morgan fingerprint density at radius 1 is 0.907 bits per heavy atom. The van der Waals surface area contributed by atoms with Crippen molar-refractivity contribution in [2.24, 2.45) is 0 Å². The van der Waals surface area contributed by atoms with Crippen LogP contribution >= 0.6 is 11.6 Å². The molecule has 5 rings (SSSR count). The molecule has 0 radical (unpaired) electrons. The highest BCUT2D eigenvalue weighted by molar-refractivity contribution is 6.32. The van der Waals surface area contributed by atoms with Gasteiger partial charge in [0.1, 0.15) is 35.7 Å². The van der Waals surface area contributed by atoms with Crippen LogP contribution in [0.5, 0.6) is 17.2 Å². The molecule has 0 fully saturated rings. The van der Waals surface area contributed by atoms with E-state index in [0.717, 1.165) is 11.6 Å². The first-order valence-electron chi connectivity index (χ1n) is 13.0. The van der Waals surface area contributed by atoms with E-state index >= 15 is 0 Å². The molecule has 1 N–H and O–H groups in total. The van der Waals surface area contributed by atoms with Crippen molar-refractivity contribution in [3.63, 3.8) is 0 Å². The molecule has 0 aliphatic heterocycles. The fourth-order valence-corrected chi connectivity index (χ4v) is 4.31. The Hall–Kier alpha value is -4.81. The summed E-state index contributed by atoms with van der Waals surface area (Å²) in [7, 11) is 0. The number of carbonyl (C=O) groups excluding carboxylic acids is 1. The van der Waals surface area contributed by atoms with Gasteiger partial charge in [-0.15, -0.1) is 13.2 Å². The van der Waals surface area contributed by atoms with Gasteiger partial charge in [-0.3, -0.25) is 0 Å². The molecule has 13 heteroatoms. The largest absolute Gasteiger partial charge is 0.573 e. The number of esters is 1. The Morgan fingerprint density at radius 2 is 1.72 bits per heavy atom. The zero-order valence-electron chi connectivity index (χ0n) is 22.4. The second-order valence-electron chi connectivity index (χ2n) is 8.97. The molecule has 0 bridgehead atoms. The Bertz CT molecular complexity index is 1700. The van der Waals surface area contributed by atoms with Gasteiger partial charge in [-0.2, -0.15) is 0 Å². The van der Waals surface area contributed by atoms with Crippen molar-refractivity contribution >= 4 is 40.1 Å². The van der Waals surface area contributed by atoms with Crippen LogP contribution < -0.4 is 14.8 Å². The van der Waals surface area contributed by atoms with Gasteiger partial charge in [0.25, 0.3) is 0 Å². The van der Waals surface area contributed by atoms with E-state index in [1.54, 1.807) is 42.5 Å². The summed E-state index contributed by atoms with van der Waals surface area (Å²) in [5, 5.41) is 3.44. The number of anilines is 2. The van der Waals surface area contributed by atoms with Crippen LogP contribution in [0.4, 0.5) is 24.7 Å². The quantitative estimate of drug-likeness (QED) is 0.115. The molecule has 222 valence electrons. The fourth-order valence-electron chi connectivity index (χ4n) is 4.09. The lowest BCUT2D eigenvalue weighted by Gasteiger charge is -2.13. The predicted octanol–water partition coefficient (Wildman–Crippen LogP) is 7.39. The van der Waals surface area contributed by atoms with Crippen molar-refractivity contribution in [3.8, 4) is 17.2 Å². The lowest BCUT2D eigenvalue weighted by atomic mass is 10.2. The first-order valence-corrected chi connectivity index (χ1v) is 13.3. The van der Waals surface area contributed by atoms with E-state index < -0.39 is 18.1 Å². The van der Waals surface area contributed by atoms with E-state index in [-0.39, 0.29) is 29.7 Å². The highest BCUT2D eigenvalue weighted by Crippen LogP contribution is 2.35. The molecule has 3 aromatic carbocycles. The number of aromatic nitrogens is 3. The summed E-state index contributed by atoms with van der Waals surface area (Å²) in [5.41, 5.74) is 2.52. The second-order valence-corrected chi connectivity index (χ2v) is 9.38. The number of nitrogens with zero attached hydrogens (tertiary/aromatic N) is 3. The van der Waals surface area contributed by atoms with Crippen LogP contribution in [0, 0.1) is 0 Å². The molecular formula is C30H24ClF3N4O5. The maximum absolute atomic E-state index is 12.5. The molecule has 0 unspecified atom stereocenters. The third-order valence-corrected chi connectivity index (χ3v) is 6.25. The third kappa shape index (κ3) is 8.15. The fraction of sp³-hybridized carbons (Fsp3) is 0.167. The minimum absolute atomic E-state index is 0.122. The summed E-state index contributed by atoms with van der Waals surface area (Å²) < 4.78 is 60.1. The summed E-state index contributed by atoms with van der Waals surface area (Å²) in [6.07, 6.45) is -1.52. The first-order chi connectivity index (χ1) is 20.7. The Balaban J connectivity index is 1.18. The Kier molecular flexibility index (Phi) is 9.28. The van der Waals surface area contributed by atoms with Crippen LogP contribution in [0.15, 0.2) is 91.4 Å². The Labute approximate surface area is 248 Å². The molecule has 0 aliphatic carbocycles. The average Bonchev–Trinajstić information content (AvgIpc) is 3.40. The number of fused-ring (bicyclic) bond motifs is 1. The smallest absolute Gasteiger partial charge is 0.460 e. The molecule has 2 aromatic heterocycles. The van der Waals surface area contributed by atoms with Gasteiger partial charge < -0.3 is 28.8 Å². The van der Waals surface area contributed by atoms with Crippen LogP contribution in [-0.2, 0) is 16.0 Å². The molecule has 5 aromatic rings. The SMILES string of the molecule is O=C(OCCOCCn1ccc2ncnc(Nc3ccc(Oc4cccc(OC(F)(F)F)c4)c(Cl)c3)c21)c1ccccc1. The predicted molar refractivity (Wildman–Crippen MR) is 153 cm³/mol.